The Kier molecular flexibility index (Phi) is 3.25. The van der Waals surface area contributed by atoms with Gasteiger partial charge in [-0.25, -0.2) is 0 Å². The molecule has 1 aliphatic rings. The summed E-state index contributed by atoms with van der Waals surface area (Å²) in [6.45, 7) is 12.3. The Labute approximate surface area is 98.1 Å². The van der Waals surface area contributed by atoms with Crippen molar-refractivity contribution in [1.82, 2.24) is 4.90 Å². The molecule has 0 aromatic heterocycles. The fourth-order valence-electron chi connectivity index (χ4n) is 2.46. The number of benzene rings is 1. The molecule has 1 fully saturated rings. The van der Waals surface area contributed by atoms with Crippen molar-refractivity contribution >= 4 is 0 Å². The Bertz CT molecular complexity index is 380. The minimum atomic E-state index is 0.448. The van der Waals surface area contributed by atoms with Crippen LogP contribution in [0.2, 0.25) is 0 Å². The minimum Gasteiger partial charge on any atom is -0.292 e. The molecule has 0 unspecified atom stereocenters. The summed E-state index contributed by atoms with van der Waals surface area (Å²) in [5.41, 5.74) is 2.66. The molecule has 84 valence electrons. The van der Waals surface area contributed by atoms with Crippen LogP contribution >= 0.6 is 0 Å². The first-order chi connectivity index (χ1) is 7.72. The monoisotopic (exact) mass is 213 g/mol. The second kappa shape index (κ2) is 4.67. The van der Waals surface area contributed by atoms with Crippen molar-refractivity contribution in [3.63, 3.8) is 0 Å². The van der Waals surface area contributed by atoms with Gasteiger partial charge in [0, 0.05) is 25.0 Å². The van der Waals surface area contributed by atoms with Crippen LogP contribution in [-0.4, -0.2) is 17.5 Å². The minimum absolute atomic E-state index is 0.448. The van der Waals surface area contributed by atoms with E-state index in [1.54, 1.807) is 0 Å². The van der Waals surface area contributed by atoms with E-state index in [4.69, 9.17) is 0 Å². The fraction of sp³-hybridized carbons (Fsp3) is 0.333. The molecule has 1 aliphatic heterocycles. The maximum atomic E-state index is 4.14. The zero-order chi connectivity index (χ0) is 11.5. The molecule has 1 heteroatoms. The number of likely N-dealkylation sites (tertiary alicyclic amines) is 1. The standard InChI is InChI=1S/C15H19N/c1-4-15-12(2)10-16(13(15)3)11-14-8-6-5-7-9-14/h4-9,13,15H,1-2,10-11H2,3H3/t13-,15+/m1/s1. The normalized spacial score (nSPS) is 25.9. The average molecular weight is 213 g/mol. The van der Waals surface area contributed by atoms with E-state index >= 15 is 0 Å². The van der Waals surface area contributed by atoms with Crippen LogP contribution in [0.4, 0.5) is 0 Å². The van der Waals surface area contributed by atoms with Crippen LogP contribution in [0.25, 0.3) is 0 Å². The number of hydrogen-bond acceptors (Lipinski definition) is 1. The zero-order valence-corrected chi connectivity index (χ0v) is 9.89. The lowest BCUT2D eigenvalue weighted by Gasteiger charge is -2.22. The van der Waals surface area contributed by atoms with Crippen molar-refractivity contribution in [2.75, 3.05) is 6.54 Å². The lowest BCUT2D eigenvalue weighted by Crippen LogP contribution is -2.28. The maximum Gasteiger partial charge on any atom is 0.0240 e. The predicted octanol–water partition coefficient (Wildman–Crippen LogP) is 3.25. The van der Waals surface area contributed by atoms with Crippen molar-refractivity contribution in [2.45, 2.75) is 19.5 Å². The van der Waals surface area contributed by atoms with Crippen molar-refractivity contribution in [2.24, 2.45) is 5.92 Å². The van der Waals surface area contributed by atoms with E-state index in [0.717, 1.165) is 13.1 Å². The van der Waals surface area contributed by atoms with Crippen LogP contribution in [0.3, 0.4) is 0 Å². The molecule has 1 saturated heterocycles. The molecule has 0 saturated carbocycles. The number of nitrogens with zero attached hydrogens (tertiary/aromatic N) is 1. The van der Waals surface area contributed by atoms with Gasteiger partial charge in [0.15, 0.2) is 0 Å². The summed E-state index contributed by atoms with van der Waals surface area (Å²) >= 11 is 0. The van der Waals surface area contributed by atoms with E-state index in [1.807, 2.05) is 6.08 Å². The highest BCUT2D eigenvalue weighted by Gasteiger charge is 2.31. The zero-order valence-electron chi connectivity index (χ0n) is 9.89. The molecule has 1 aromatic rings. The molecule has 0 radical (unpaired) electrons. The van der Waals surface area contributed by atoms with E-state index < -0.39 is 0 Å². The first-order valence-corrected chi connectivity index (χ1v) is 5.80. The van der Waals surface area contributed by atoms with Gasteiger partial charge in [-0.15, -0.1) is 6.58 Å². The molecular formula is C15H19N. The van der Waals surface area contributed by atoms with Gasteiger partial charge >= 0.3 is 0 Å². The Hall–Kier alpha value is -1.34. The molecule has 1 heterocycles. The lowest BCUT2D eigenvalue weighted by molar-refractivity contribution is 0.246. The van der Waals surface area contributed by atoms with Crippen LogP contribution in [0.1, 0.15) is 12.5 Å². The highest BCUT2D eigenvalue weighted by Crippen LogP contribution is 2.29. The van der Waals surface area contributed by atoms with Gasteiger partial charge in [-0.3, -0.25) is 4.90 Å². The largest absolute Gasteiger partial charge is 0.292 e. The second-order valence-corrected chi connectivity index (χ2v) is 4.55. The second-order valence-electron chi connectivity index (χ2n) is 4.55. The maximum absolute atomic E-state index is 4.14. The first kappa shape index (κ1) is 11.2. The van der Waals surface area contributed by atoms with Gasteiger partial charge in [0.2, 0.25) is 0 Å². The molecular weight excluding hydrogens is 194 g/mol. The number of rotatable bonds is 3. The molecule has 0 amide bonds. The quantitative estimate of drug-likeness (QED) is 0.697. The SMILES string of the molecule is C=C[C@H]1C(=C)CN(Cc2ccccc2)[C@@H]1C. The molecule has 2 atom stereocenters. The molecule has 0 aliphatic carbocycles. The predicted molar refractivity (Wildman–Crippen MR) is 69.1 cm³/mol. The van der Waals surface area contributed by atoms with Crippen LogP contribution in [0.15, 0.2) is 55.1 Å². The average Bonchev–Trinajstić information content (AvgIpc) is 2.55. The molecule has 16 heavy (non-hydrogen) atoms. The van der Waals surface area contributed by atoms with Crippen LogP contribution in [-0.2, 0) is 6.54 Å². The summed E-state index contributed by atoms with van der Waals surface area (Å²) in [4.78, 5) is 2.46. The van der Waals surface area contributed by atoms with Crippen LogP contribution in [0, 0.1) is 5.92 Å². The van der Waals surface area contributed by atoms with E-state index in [2.05, 4.69) is 55.3 Å². The third-order valence-corrected chi connectivity index (χ3v) is 3.46. The summed E-state index contributed by atoms with van der Waals surface area (Å²) in [7, 11) is 0. The lowest BCUT2D eigenvalue weighted by atomic mass is 9.98. The molecule has 1 nitrogen and oxygen atoms in total. The van der Waals surface area contributed by atoms with Crippen molar-refractivity contribution < 1.29 is 0 Å². The summed E-state index contributed by atoms with van der Waals surface area (Å²) in [6.07, 6.45) is 2.03. The Morgan fingerprint density at radius 1 is 1.38 bits per heavy atom. The fourth-order valence-corrected chi connectivity index (χ4v) is 2.46. The third kappa shape index (κ3) is 2.10. The highest BCUT2D eigenvalue weighted by atomic mass is 15.2. The smallest absolute Gasteiger partial charge is 0.0240 e. The van der Waals surface area contributed by atoms with Crippen molar-refractivity contribution in [3.8, 4) is 0 Å². The van der Waals surface area contributed by atoms with E-state index in [9.17, 15) is 0 Å². The van der Waals surface area contributed by atoms with Crippen molar-refractivity contribution in [3.05, 3.63) is 60.7 Å². The molecule has 0 spiro atoms. The van der Waals surface area contributed by atoms with Crippen LogP contribution < -0.4 is 0 Å². The summed E-state index contributed by atoms with van der Waals surface area (Å²) in [5.74, 6) is 0.448. The topological polar surface area (TPSA) is 3.24 Å². The Morgan fingerprint density at radius 3 is 2.62 bits per heavy atom. The molecule has 2 rings (SSSR count). The number of hydrogen-bond donors (Lipinski definition) is 0. The summed E-state index contributed by atoms with van der Waals surface area (Å²) in [5, 5.41) is 0. The Morgan fingerprint density at radius 2 is 2.06 bits per heavy atom. The van der Waals surface area contributed by atoms with Gasteiger partial charge in [0.05, 0.1) is 0 Å². The summed E-state index contributed by atoms with van der Waals surface area (Å²) in [6, 6.07) is 11.1. The van der Waals surface area contributed by atoms with Crippen molar-refractivity contribution in [1.29, 1.82) is 0 Å². The molecule has 1 aromatic carbocycles. The highest BCUT2D eigenvalue weighted by molar-refractivity contribution is 5.21. The van der Waals surface area contributed by atoms with Gasteiger partial charge in [-0.1, -0.05) is 48.6 Å². The van der Waals surface area contributed by atoms with E-state index in [-0.39, 0.29) is 0 Å². The van der Waals surface area contributed by atoms with Gasteiger partial charge < -0.3 is 0 Å². The van der Waals surface area contributed by atoms with Crippen LogP contribution in [0.5, 0.6) is 0 Å². The summed E-state index contributed by atoms with van der Waals surface area (Å²) < 4.78 is 0. The first-order valence-electron chi connectivity index (χ1n) is 5.80. The Balaban J connectivity index is 2.07. The van der Waals surface area contributed by atoms with Gasteiger partial charge in [-0.05, 0) is 12.5 Å². The van der Waals surface area contributed by atoms with E-state index in [1.165, 1.54) is 11.1 Å². The van der Waals surface area contributed by atoms with Gasteiger partial charge in [-0.2, -0.15) is 0 Å². The van der Waals surface area contributed by atoms with E-state index in [0.29, 0.717) is 12.0 Å². The van der Waals surface area contributed by atoms with Gasteiger partial charge in [0.1, 0.15) is 0 Å². The molecule has 0 N–H and O–H groups in total. The van der Waals surface area contributed by atoms with Gasteiger partial charge in [0.25, 0.3) is 0 Å². The third-order valence-electron chi connectivity index (χ3n) is 3.46. The molecule has 0 bridgehead atoms.